The van der Waals surface area contributed by atoms with Crippen LogP contribution in [0.2, 0.25) is 0 Å². The lowest BCUT2D eigenvalue weighted by atomic mass is 10.2. The minimum absolute atomic E-state index is 0.516. The number of aldehydes is 1. The Morgan fingerprint density at radius 3 is 2.58 bits per heavy atom. The highest BCUT2D eigenvalue weighted by molar-refractivity contribution is 9.10. The van der Waals surface area contributed by atoms with Gasteiger partial charge in [-0.15, -0.1) is 0 Å². The molecule has 0 aliphatic heterocycles. The summed E-state index contributed by atoms with van der Waals surface area (Å²) < 4.78 is 8.46. The summed E-state index contributed by atoms with van der Waals surface area (Å²) in [6, 6.07) is 7.68. The largest absolute Gasteiger partial charge is 0.492 e. The van der Waals surface area contributed by atoms with Crippen molar-refractivity contribution < 1.29 is 9.53 Å². The first-order valence-electron chi connectivity index (χ1n) is 5.99. The van der Waals surface area contributed by atoms with E-state index in [0.717, 1.165) is 27.9 Å². The van der Waals surface area contributed by atoms with Gasteiger partial charge in [-0.3, -0.25) is 9.48 Å². The van der Waals surface area contributed by atoms with Crippen LogP contribution in [0.3, 0.4) is 0 Å². The van der Waals surface area contributed by atoms with Crippen LogP contribution in [0.5, 0.6) is 5.75 Å². The Hall–Kier alpha value is -1.62. The highest BCUT2D eigenvalue weighted by Crippen LogP contribution is 2.16. The fourth-order valence-electron chi connectivity index (χ4n) is 1.88. The van der Waals surface area contributed by atoms with E-state index in [1.807, 2.05) is 38.1 Å². The SMILES string of the molecule is Cc1nn(CCOc2ccc(Br)cc2)c(C)c1C=O. The molecule has 4 nitrogen and oxygen atoms in total. The van der Waals surface area contributed by atoms with E-state index < -0.39 is 0 Å². The smallest absolute Gasteiger partial charge is 0.153 e. The second-order valence-corrected chi connectivity index (χ2v) is 5.14. The first-order chi connectivity index (χ1) is 9.11. The molecule has 0 aliphatic rings. The number of aromatic nitrogens is 2. The summed E-state index contributed by atoms with van der Waals surface area (Å²) in [7, 11) is 0. The molecule has 0 fully saturated rings. The third-order valence-electron chi connectivity index (χ3n) is 2.94. The van der Waals surface area contributed by atoms with Crippen molar-refractivity contribution in [2.75, 3.05) is 6.61 Å². The van der Waals surface area contributed by atoms with Crippen LogP contribution in [0.1, 0.15) is 21.7 Å². The summed E-state index contributed by atoms with van der Waals surface area (Å²) in [5, 5.41) is 4.32. The first kappa shape index (κ1) is 13.8. The second kappa shape index (κ2) is 6.02. The molecule has 0 atom stereocenters. The molecule has 0 unspecified atom stereocenters. The van der Waals surface area contributed by atoms with Gasteiger partial charge in [-0.2, -0.15) is 5.10 Å². The van der Waals surface area contributed by atoms with Crippen LogP contribution >= 0.6 is 15.9 Å². The second-order valence-electron chi connectivity index (χ2n) is 4.23. The molecule has 1 aromatic carbocycles. The molecular formula is C14H15BrN2O2. The summed E-state index contributed by atoms with van der Waals surface area (Å²) >= 11 is 3.38. The Labute approximate surface area is 120 Å². The van der Waals surface area contributed by atoms with E-state index in [4.69, 9.17) is 4.74 Å². The molecular weight excluding hydrogens is 308 g/mol. The van der Waals surface area contributed by atoms with E-state index >= 15 is 0 Å². The lowest BCUT2D eigenvalue weighted by Crippen LogP contribution is -2.11. The molecule has 0 N–H and O–H groups in total. The molecule has 1 heterocycles. The molecule has 0 amide bonds. The molecule has 0 saturated heterocycles. The van der Waals surface area contributed by atoms with Crippen LogP contribution in [0.15, 0.2) is 28.7 Å². The van der Waals surface area contributed by atoms with Gasteiger partial charge >= 0.3 is 0 Å². The zero-order valence-electron chi connectivity index (χ0n) is 10.9. The molecule has 0 aliphatic carbocycles. The first-order valence-corrected chi connectivity index (χ1v) is 6.78. The summed E-state index contributed by atoms with van der Waals surface area (Å²) in [6.07, 6.45) is 0.851. The zero-order chi connectivity index (χ0) is 13.8. The number of halogens is 1. The van der Waals surface area contributed by atoms with Gasteiger partial charge in [-0.1, -0.05) is 15.9 Å². The van der Waals surface area contributed by atoms with Crippen LogP contribution in [-0.4, -0.2) is 22.7 Å². The predicted molar refractivity (Wildman–Crippen MR) is 76.7 cm³/mol. The fourth-order valence-corrected chi connectivity index (χ4v) is 2.14. The van der Waals surface area contributed by atoms with Crippen molar-refractivity contribution in [1.29, 1.82) is 0 Å². The Balaban J connectivity index is 1.96. The van der Waals surface area contributed by atoms with Crippen molar-refractivity contribution in [2.24, 2.45) is 0 Å². The van der Waals surface area contributed by atoms with Gasteiger partial charge in [-0.05, 0) is 38.1 Å². The molecule has 1 aromatic heterocycles. The van der Waals surface area contributed by atoms with E-state index in [-0.39, 0.29) is 0 Å². The van der Waals surface area contributed by atoms with E-state index in [1.54, 1.807) is 4.68 Å². The third kappa shape index (κ3) is 3.23. The zero-order valence-corrected chi connectivity index (χ0v) is 12.5. The third-order valence-corrected chi connectivity index (χ3v) is 3.47. The Kier molecular flexibility index (Phi) is 4.37. The fraction of sp³-hybridized carbons (Fsp3) is 0.286. The molecule has 0 radical (unpaired) electrons. The number of benzene rings is 1. The molecule has 0 spiro atoms. The van der Waals surface area contributed by atoms with Gasteiger partial charge in [0.05, 0.1) is 17.8 Å². The summed E-state index contributed by atoms with van der Waals surface area (Å²) in [4.78, 5) is 10.9. The molecule has 0 bridgehead atoms. The number of carbonyl (C=O) groups excluding carboxylic acids is 1. The molecule has 0 saturated carbocycles. The van der Waals surface area contributed by atoms with Crippen LogP contribution in [0.25, 0.3) is 0 Å². The van der Waals surface area contributed by atoms with Gasteiger partial charge in [0, 0.05) is 10.2 Å². The highest BCUT2D eigenvalue weighted by Gasteiger charge is 2.10. The highest BCUT2D eigenvalue weighted by atomic mass is 79.9. The maximum absolute atomic E-state index is 10.9. The average Bonchev–Trinajstić information content (AvgIpc) is 2.66. The Bertz CT molecular complexity index is 576. The monoisotopic (exact) mass is 322 g/mol. The van der Waals surface area contributed by atoms with Gasteiger partial charge in [0.2, 0.25) is 0 Å². The molecule has 2 rings (SSSR count). The van der Waals surface area contributed by atoms with Crippen LogP contribution in [-0.2, 0) is 6.54 Å². The molecule has 100 valence electrons. The number of carbonyl (C=O) groups is 1. The van der Waals surface area contributed by atoms with Crippen molar-refractivity contribution in [3.8, 4) is 5.75 Å². The van der Waals surface area contributed by atoms with Crippen LogP contribution in [0, 0.1) is 13.8 Å². The predicted octanol–water partition coefficient (Wildman–Crippen LogP) is 3.15. The molecule has 2 aromatic rings. The van der Waals surface area contributed by atoms with Gasteiger partial charge in [0.1, 0.15) is 12.4 Å². The van der Waals surface area contributed by atoms with Gasteiger partial charge < -0.3 is 4.74 Å². The topological polar surface area (TPSA) is 44.1 Å². The lowest BCUT2D eigenvalue weighted by Gasteiger charge is -2.07. The summed E-state index contributed by atoms with van der Waals surface area (Å²) in [5.41, 5.74) is 2.31. The van der Waals surface area contributed by atoms with Crippen LogP contribution < -0.4 is 4.74 Å². The Morgan fingerprint density at radius 1 is 1.32 bits per heavy atom. The quantitative estimate of drug-likeness (QED) is 0.794. The van der Waals surface area contributed by atoms with Gasteiger partial charge in [-0.25, -0.2) is 0 Å². The minimum Gasteiger partial charge on any atom is -0.492 e. The molecule has 5 heteroatoms. The Morgan fingerprint density at radius 2 is 2.00 bits per heavy atom. The minimum atomic E-state index is 0.516. The van der Waals surface area contributed by atoms with E-state index in [1.165, 1.54) is 0 Å². The van der Waals surface area contributed by atoms with Crippen molar-refractivity contribution in [3.63, 3.8) is 0 Å². The van der Waals surface area contributed by atoms with Gasteiger partial charge in [0.15, 0.2) is 6.29 Å². The maximum atomic E-state index is 10.9. The average molecular weight is 323 g/mol. The van der Waals surface area contributed by atoms with Crippen molar-refractivity contribution in [1.82, 2.24) is 9.78 Å². The summed E-state index contributed by atoms with van der Waals surface area (Å²) in [5.74, 6) is 0.820. The lowest BCUT2D eigenvalue weighted by molar-refractivity contribution is 0.112. The number of hydrogen-bond acceptors (Lipinski definition) is 3. The number of hydrogen-bond donors (Lipinski definition) is 0. The standard InChI is InChI=1S/C14H15BrN2O2/c1-10-14(9-18)11(2)17(16-10)7-8-19-13-5-3-12(15)4-6-13/h3-6,9H,7-8H2,1-2H3. The van der Waals surface area contributed by atoms with Gasteiger partial charge in [0.25, 0.3) is 0 Å². The van der Waals surface area contributed by atoms with Crippen molar-refractivity contribution in [2.45, 2.75) is 20.4 Å². The van der Waals surface area contributed by atoms with E-state index in [0.29, 0.717) is 18.7 Å². The number of aryl methyl sites for hydroxylation is 1. The number of rotatable bonds is 5. The van der Waals surface area contributed by atoms with Crippen LogP contribution in [0.4, 0.5) is 0 Å². The normalized spacial score (nSPS) is 10.5. The van der Waals surface area contributed by atoms with E-state index in [9.17, 15) is 4.79 Å². The number of nitrogens with zero attached hydrogens (tertiary/aromatic N) is 2. The maximum Gasteiger partial charge on any atom is 0.153 e. The van der Waals surface area contributed by atoms with Crippen molar-refractivity contribution >= 4 is 22.2 Å². The summed E-state index contributed by atoms with van der Waals surface area (Å²) in [6.45, 7) is 4.87. The number of ether oxygens (including phenoxy) is 1. The van der Waals surface area contributed by atoms with Crippen molar-refractivity contribution in [3.05, 3.63) is 45.7 Å². The molecule has 19 heavy (non-hydrogen) atoms. The van der Waals surface area contributed by atoms with E-state index in [2.05, 4.69) is 21.0 Å².